The Morgan fingerprint density at radius 2 is 1.81 bits per heavy atom. The Bertz CT molecular complexity index is 1590. The SMILES string of the molecule is COCCCn1c(C2CCCN(C(=O)CC(N)Cc3ccc(-c4ccc5c(c4)OC(F)(F)O5)cc3)C2)cc2ccccc21. The number of aromatic nitrogens is 1. The number of amides is 1. The minimum atomic E-state index is -3.64. The molecule has 2 atom stereocenters. The number of fused-ring (bicyclic) bond motifs is 2. The number of hydrogen-bond donors (Lipinski definition) is 1. The molecule has 2 aliphatic rings. The number of alkyl halides is 2. The maximum absolute atomic E-state index is 13.4. The molecule has 43 heavy (non-hydrogen) atoms. The summed E-state index contributed by atoms with van der Waals surface area (Å²) in [7, 11) is 1.73. The molecule has 2 unspecified atom stereocenters. The maximum Gasteiger partial charge on any atom is 0.586 e. The number of likely N-dealkylation sites (tertiary alicyclic amines) is 1. The van der Waals surface area contributed by atoms with E-state index in [1.165, 1.54) is 22.7 Å². The minimum absolute atomic E-state index is 0.0135. The number of nitrogens with two attached hydrogens (primary N) is 1. The lowest BCUT2D eigenvalue weighted by molar-refractivity contribution is -0.286. The van der Waals surface area contributed by atoms with Crippen LogP contribution in [0.5, 0.6) is 11.5 Å². The molecule has 2 aliphatic heterocycles. The van der Waals surface area contributed by atoms with E-state index in [0.717, 1.165) is 49.0 Å². The van der Waals surface area contributed by atoms with E-state index in [9.17, 15) is 13.6 Å². The van der Waals surface area contributed by atoms with Gasteiger partial charge in [-0.1, -0.05) is 48.5 Å². The smallest absolute Gasteiger partial charge is 0.395 e. The summed E-state index contributed by atoms with van der Waals surface area (Å²) in [6, 6.07) is 22.9. The first kappa shape index (κ1) is 29.1. The summed E-state index contributed by atoms with van der Waals surface area (Å²) in [5.41, 5.74) is 11.6. The van der Waals surface area contributed by atoms with Crippen LogP contribution in [0.25, 0.3) is 22.0 Å². The highest BCUT2D eigenvalue weighted by Gasteiger charge is 2.43. The van der Waals surface area contributed by atoms with E-state index < -0.39 is 6.29 Å². The number of para-hydroxylation sites is 1. The zero-order valence-electron chi connectivity index (χ0n) is 24.3. The van der Waals surface area contributed by atoms with Crippen molar-refractivity contribution in [2.45, 2.75) is 56.9 Å². The van der Waals surface area contributed by atoms with Gasteiger partial charge in [-0.05, 0) is 72.0 Å². The van der Waals surface area contributed by atoms with Crippen molar-refractivity contribution < 1.29 is 27.8 Å². The van der Waals surface area contributed by atoms with Crippen molar-refractivity contribution in [2.75, 3.05) is 26.8 Å². The Labute approximate surface area is 250 Å². The average Bonchev–Trinajstić information content (AvgIpc) is 3.53. The van der Waals surface area contributed by atoms with Gasteiger partial charge in [0.2, 0.25) is 5.91 Å². The highest BCUT2D eigenvalue weighted by atomic mass is 19.3. The number of ether oxygens (including phenoxy) is 3. The van der Waals surface area contributed by atoms with Crippen LogP contribution in [0.3, 0.4) is 0 Å². The maximum atomic E-state index is 13.4. The predicted octanol–water partition coefficient (Wildman–Crippen LogP) is 6.33. The fourth-order valence-electron chi connectivity index (χ4n) is 6.32. The number of carbonyl (C=O) groups excluding carboxylic acids is 1. The molecule has 226 valence electrons. The number of aryl methyl sites for hydroxylation is 1. The molecule has 3 aromatic carbocycles. The summed E-state index contributed by atoms with van der Waals surface area (Å²) < 4.78 is 43.5. The molecular formula is C34H37F2N3O4. The minimum Gasteiger partial charge on any atom is -0.395 e. The molecule has 1 amide bonds. The van der Waals surface area contributed by atoms with Gasteiger partial charge in [0.1, 0.15) is 0 Å². The van der Waals surface area contributed by atoms with Crippen molar-refractivity contribution >= 4 is 16.8 Å². The number of halogens is 2. The van der Waals surface area contributed by atoms with E-state index in [2.05, 4.69) is 44.4 Å². The molecular weight excluding hydrogens is 552 g/mol. The number of benzene rings is 3. The predicted molar refractivity (Wildman–Crippen MR) is 161 cm³/mol. The van der Waals surface area contributed by atoms with Crippen LogP contribution in [0.15, 0.2) is 72.8 Å². The van der Waals surface area contributed by atoms with Gasteiger partial charge in [-0.3, -0.25) is 4.79 Å². The van der Waals surface area contributed by atoms with Gasteiger partial charge in [0.25, 0.3) is 0 Å². The van der Waals surface area contributed by atoms with Crippen molar-refractivity contribution in [3.8, 4) is 22.6 Å². The molecule has 7 nitrogen and oxygen atoms in total. The van der Waals surface area contributed by atoms with Gasteiger partial charge in [0, 0.05) is 62.9 Å². The van der Waals surface area contributed by atoms with E-state index in [1.54, 1.807) is 19.2 Å². The van der Waals surface area contributed by atoms with Crippen LogP contribution < -0.4 is 15.2 Å². The summed E-state index contributed by atoms with van der Waals surface area (Å²) in [6.07, 6.45) is 0.144. The zero-order valence-corrected chi connectivity index (χ0v) is 24.3. The first-order chi connectivity index (χ1) is 20.8. The fraction of sp³-hybridized carbons (Fsp3) is 0.382. The molecule has 3 heterocycles. The van der Waals surface area contributed by atoms with Gasteiger partial charge >= 0.3 is 6.29 Å². The van der Waals surface area contributed by atoms with Crippen molar-refractivity contribution in [1.82, 2.24) is 9.47 Å². The topological polar surface area (TPSA) is 79.0 Å². The van der Waals surface area contributed by atoms with E-state index in [-0.39, 0.29) is 35.8 Å². The van der Waals surface area contributed by atoms with Crippen LogP contribution in [-0.4, -0.2) is 54.5 Å². The zero-order chi connectivity index (χ0) is 30.0. The second-order valence-electron chi connectivity index (χ2n) is 11.5. The van der Waals surface area contributed by atoms with Crippen molar-refractivity contribution in [3.05, 3.63) is 84.1 Å². The summed E-state index contributed by atoms with van der Waals surface area (Å²) >= 11 is 0. The van der Waals surface area contributed by atoms with Gasteiger partial charge < -0.3 is 29.4 Å². The van der Waals surface area contributed by atoms with Gasteiger partial charge in [-0.25, -0.2) is 0 Å². The number of carbonyl (C=O) groups is 1. The number of methoxy groups -OCH3 is 1. The summed E-state index contributed by atoms with van der Waals surface area (Å²) in [4.78, 5) is 15.4. The number of hydrogen-bond acceptors (Lipinski definition) is 5. The molecule has 9 heteroatoms. The van der Waals surface area contributed by atoms with E-state index in [4.69, 9.17) is 10.5 Å². The molecule has 0 aliphatic carbocycles. The van der Waals surface area contributed by atoms with Gasteiger partial charge in [-0.15, -0.1) is 8.78 Å². The lowest BCUT2D eigenvalue weighted by Gasteiger charge is -2.34. The Morgan fingerprint density at radius 1 is 1.05 bits per heavy atom. The normalized spacial score (nSPS) is 18.2. The fourth-order valence-corrected chi connectivity index (χ4v) is 6.32. The lowest BCUT2D eigenvalue weighted by atomic mass is 9.93. The molecule has 1 fully saturated rings. The Kier molecular flexibility index (Phi) is 8.36. The molecule has 1 saturated heterocycles. The highest BCUT2D eigenvalue weighted by molar-refractivity contribution is 5.82. The average molecular weight is 590 g/mol. The molecule has 6 rings (SSSR count). The number of nitrogens with zero attached hydrogens (tertiary/aromatic N) is 2. The largest absolute Gasteiger partial charge is 0.586 e. The molecule has 0 spiro atoms. The molecule has 0 radical (unpaired) electrons. The second-order valence-corrected chi connectivity index (χ2v) is 11.5. The highest BCUT2D eigenvalue weighted by Crippen LogP contribution is 2.43. The van der Waals surface area contributed by atoms with E-state index >= 15 is 0 Å². The molecule has 1 aromatic heterocycles. The van der Waals surface area contributed by atoms with Crippen LogP contribution in [0.2, 0.25) is 0 Å². The van der Waals surface area contributed by atoms with Crippen molar-refractivity contribution in [3.63, 3.8) is 0 Å². The van der Waals surface area contributed by atoms with Crippen molar-refractivity contribution in [1.29, 1.82) is 0 Å². The molecule has 0 bridgehead atoms. The van der Waals surface area contributed by atoms with Gasteiger partial charge in [-0.2, -0.15) is 0 Å². The van der Waals surface area contributed by atoms with Crippen LogP contribution in [0.4, 0.5) is 8.78 Å². The number of rotatable bonds is 10. The van der Waals surface area contributed by atoms with Crippen LogP contribution >= 0.6 is 0 Å². The quantitative estimate of drug-likeness (QED) is 0.219. The van der Waals surface area contributed by atoms with E-state index in [1.807, 2.05) is 29.2 Å². The lowest BCUT2D eigenvalue weighted by Crippen LogP contribution is -2.42. The Morgan fingerprint density at radius 3 is 2.63 bits per heavy atom. The van der Waals surface area contributed by atoms with Crippen molar-refractivity contribution in [2.24, 2.45) is 5.73 Å². The van der Waals surface area contributed by atoms with Crippen LogP contribution in [0.1, 0.15) is 42.9 Å². The van der Waals surface area contributed by atoms with Gasteiger partial charge in [0.05, 0.1) is 0 Å². The first-order valence-electron chi connectivity index (χ1n) is 14.9. The van der Waals surface area contributed by atoms with Gasteiger partial charge in [0.15, 0.2) is 11.5 Å². The first-order valence-corrected chi connectivity index (χ1v) is 14.9. The summed E-state index contributed by atoms with van der Waals surface area (Å²) in [6.45, 7) is 3.04. The van der Waals surface area contributed by atoms with Crippen LogP contribution in [-0.2, 0) is 22.5 Å². The Balaban J connectivity index is 1.07. The Hall–Kier alpha value is -3.95. The molecule has 2 N–H and O–H groups in total. The van der Waals surface area contributed by atoms with Crippen LogP contribution in [0, 0.1) is 0 Å². The number of piperidine rings is 1. The molecule has 0 saturated carbocycles. The van der Waals surface area contributed by atoms with E-state index in [0.29, 0.717) is 19.6 Å². The third-order valence-corrected chi connectivity index (χ3v) is 8.39. The monoisotopic (exact) mass is 589 g/mol. The third-order valence-electron chi connectivity index (χ3n) is 8.39. The second kappa shape index (κ2) is 12.3. The summed E-state index contributed by atoms with van der Waals surface area (Å²) in [5.74, 6) is 0.400. The third kappa shape index (κ3) is 6.53. The summed E-state index contributed by atoms with van der Waals surface area (Å²) in [5, 5.41) is 1.23. The molecule has 4 aromatic rings. The standard InChI is InChI=1S/C34H37F2N3O4/c1-41-17-5-16-39-29-8-3-2-6-26(29)19-30(39)27-7-4-15-38(22-27)33(40)21-28(37)18-23-9-11-24(12-10-23)25-13-14-31-32(20-25)43-34(35,36)42-31/h2-3,6,8-14,19-20,27-28H,4-5,7,15-18,21-22,37H2,1H3.